The summed E-state index contributed by atoms with van der Waals surface area (Å²) >= 11 is 0. The third-order valence-corrected chi connectivity index (χ3v) is 4.62. The minimum Gasteiger partial charge on any atom is -0.383 e. The van der Waals surface area contributed by atoms with Crippen LogP contribution in [0.2, 0.25) is 0 Å². The molecule has 0 spiro atoms. The van der Waals surface area contributed by atoms with Gasteiger partial charge in [-0.25, -0.2) is 0 Å². The van der Waals surface area contributed by atoms with Gasteiger partial charge in [-0.3, -0.25) is 4.79 Å². The molecule has 1 unspecified atom stereocenters. The summed E-state index contributed by atoms with van der Waals surface area (Å²) in [6.07, 6.45) is 5.17. The Morgan fingerprint density at radius 3 is 2.48 bits per heavy atom. The van der Waals surface area contributed by atoms with E-state index in [1.165, 1.54) is 0 Å². The highest BCUT2D eigenvalue weighted by Crippen LogP contribution is 2.18. The molecule has 1 amide bonds. The van der Waals surface area contributed by atoms with Gasteiger partial charge in [0.25, 0.3) is 0 Å². The first-order valence-electron chi connectivity index (χ1n) is 8.80. The van der Waals surface area contributed by atoms with E-state index in [9.17, 15) is 13.2 Å². The molecule has 27 heavy (non-hydrogen) atoms. The van der Waals surface area contributed by atoms with Gasteiger partial charge in [0, 0.05) is 18.7 Å². The van der Waals surface area contributed by atoms with E-state index in [1.807, 2.05) is 50.2 Å². The highest BCUT2D eigenvalue weighted by Gasteiger charge is 2.17. The second-order valence-corrected chi connectivity index (χ2v) is 7.98. The number of carbonyl (C=O) groups is 1. The molecular formula is C21H25NO4S. The molecule has 0 saturated carbocycles. The fourth-order valence-corrected chi connectivity index (χ4v) is 3.02. The zero-order chi connectivity index (χ0) is 19.9. The van der Waals surface area contributed by atoms with Crippen molar-refractivity contribution in [3.63, 3.8) is 0 Å². The summed E-state index contributed by atoms with van der Waals surface area (Å²) in [7, 11) is -3.59. The van der Waals surface area contributed by atoms with Gasteiger partial charge in [0.2, 0.25) is 5.91 Å². The van der Waals surface area contributed by atoms with Crippen molar-refractivity contribution < 1.29 is 17.4 Å². The van der Waals surface area contributed by atoms with Gasteiger partial charge in [-0.15, -0.1) is 0 Å². The fourth-order valence-electron chi connectivity index (χ4n) is 2.57. The molecule has 0 radical (unpaired) electrons. The van der Waals surface area contributed by atoms with Crippen LogP contribution in [-0.2, 0) is 21.5 Å². The molecule has 2 aromatic rings. The second kappa shape index (κ2) is 9.37. The molecule has 0 fully saturated rings. The van der Waals surface area contributed by atoms with E-state index < -0.39 is 10.1 Å². The lowest BCUT2D eigenvalue weighted by Crippen LogP contribution is -2.36. The summed E-state index contributed by atoms with van der Waals surface area (Å²) in [4.78, 5) is 14.5. The van der Waals surface area contributed by atoms with Crippen molar-refractivity contribution >= 4 is 22.1 Å². The number of rotatable bonds is 8. The molecule has 0 aliphatic rings. The summed E-state index contributed by atoms with van der Waals surface area (Å²) in [5.74, 6) is 0.147. The van der Waals surface area contributed by atoms with Crippen molar-refractivity contribution in [2.45, 2.75) is 32.9 Å². The highest BCUT2D eigenvalue weighted by molar-refractivity contribution is 7.86. The summed E-state index contributed by atoms with van der Waals surface area (Å²) in [5, 5.41) is 0. The maximum atomic E-state index is 12.7. The molecule has 0 aromatic heterocycles. The van der Waals surface area contributed by atoms with Crippen LogP contribution in [0.5, 0.6) is 5.75 Å². The van der Waals surface area contributed by atoms with Gasteiger partial charge < -0.3 is 9.08 Å². The van der Waals surface area contributed by atoms with Crippen LogP contribution in [0.15, 0.2) is 60.7 Å². The number of hydrogen-bond donors (Lipinski definition) is 0. The zero-order valence-corrected chi connectivity index (χ0v) is 16.6. The maximum absolute atomic E-state index is 12.7. The molecule has 6 heteroatoms. The lowest BCUT2D eigenvalue weighted by Gasteiger charge is -2.28. The molecular weight excluding hydrogens is 362 g/mol. The number of amides is 1. The molecule has 144 valence electrons. The van der Waals surface area contributed by atoms with Crippen molar-refractivity contribution in [3.8, 4) is 5.75 Å². The summed E-state index contributed by atoms with van der Waals surface area (Å²) in [6.45, 7) is 4.38. The van der Waals surface area contributed by atoms with Crippen molar-refractivity contribution in [1.29, 1.82) is 0 Å². The predicted octanol–water partition coefficient (Wildman–Crippen LogP) is 3.87. The topological polar surface area (TPSA) is 63.7 Å². The predicted molar refractivity (Wildman–Crippen MR) is 108 cm³/mol. The van der Waals surface area contributed by atoms with Gasteiger partial charge in [-0.2, -0.15) is 8.42 Å². The smallest absolute Gasteiger partial charge is 0.306 e. The molecule has 0 aliphatic carbocycles. The number of carbonyl (C=O) groups excluding carboxylic acids is 1. The van der Waals surface area contributed by atoms with Crippen molar-refractivity contribution in [2.24, 2.45) is 0 Å². The standard InChI is InChI=1S/C21H25NO4S/c1-4-17(2)22(21(23)14-13-18-9-6-5-7-10-18)16-19-11-8-12-20(15-19)26-27(3,24)25/h5-15,17H,4,16H2,1-3H3. The van der Waals surface area contributed by atoms with Crippen LogP contribution in [0.1, 0.15) is 31.4 Å². The van der Waals surface area contributed by atoms with E-state index in [4.69, 9.17) is 4.18 Å². The van der Waals surface area contributed by atoms with Gasteiger partial charge >= 0.3 is 10.1 Å². The van der Waals surface area contributed by atoms with Crippen molar-refractivity contribution in [1.82, 2.24) is 4.90 Å². The Kier molecular flexibility index (Phi) is 7.19. The average Bonchev–Trinajstić information content (AvgIpc) is 2.63. The van der Waals surface area contributed by atoms with Gasteiger partial charge in [0.05, 0.1) is 6.26 Å². The van der Waals surface area contributed by atoms with Gasteiger partial charge in [0.15, 0.2) is 0 Å². The summed E-state index contributed by atoms with van der Waals surface area (Å²) < 4.78 is 27.6. The molecule has 5 nitrogen and oxygen atoms in total. The Balaban J connectivity index is 2.18. The average molecular weight is 388 g/mol. The molecule has 2 aromatic carbocycles. The van der Waals surface area contributed by atoms with Crippen LogP contribution in [0.4, 0.5) is 0 Å². The van der Waals surface area contributed by atoms with E-state index in [-0.39, 0.29) is 17.7 Å². The Morgan fingerprint density at radius 2 is 1.85 bits per heavy atom. The van der Waals surface area contributed by atoms with E-state index in [2.05, 4.69) is 0 Å². The Hall–Kier alpha value is -2.60. The van der Waals surface area contributed by atoms with E-state index in [0.29, 0.717) is 6.54 Å². The van der Waals surface area contributed by atoms with E-state index in [1.54, 1.807) is 35.3 Å². The van der Waals surface area contributed by atoms with E-state index in [0.717, 1.165) is 23.8 Å². The normalized spacial score (nSPS) is 12.7. The number of benzene rings is 2. The van der Waals surface area contributed by atoms with Crippen molar-refractivity contribution in [3.05, 3.63) is 71.8 Å². The minimum absolute atomic E-state index is 0.0393. The third-order valence-electron chi connectivity index (χ3n) is 4.12. The number of nitrogens with zero attached hydrogens (tertiary/aromatic N) is 1. The van der Waals surface area contributed by atoms with Crippen LogP contribution >= 0.6 is 0 Å². The molecule has 0 bridgehead atoms. The van der Waals surface area contributed by atoms with E-state index >= 15 is 0 Å². The lowest BCUT2D eigenvalue weighted by molar-refractivity contribution is -0.128. The Morgan fingerprint density at radius 1 is 1.15 bits per heavy atom. The van der Waals surface area contributed by atoms with Crippen LogP contribution in [0.3, 0.4) is 0 Å². The summed E-state index contributed by atoms with van der Waals surface area (Å²) in [5.41, 5.74) is 1.76. The largest absolute Gasteiger partial charge is 0.383 e. The van der Waals surface area contributed by atoms with Crippen molar-refractivity contribution in [2.75, 3.05) is 6.26 Å². The lowest BCUT2D eigenvalue weighted by atomic mass is 10.1. The monoisotopic (exact) mass is 387 g/mol. The first-order chi connectivity index (χ1) is 12.8. The molecule has 0 N–H and O–H groups in total. The second-order valence-electron chi connectivity index (χ2n) is 6.40. The molecule has 0 heterocycles. The van der Waals surface area contributed by atoms with Crippen LogP contribution < -0.4 is 4.18 Å². The summed E-state index contributed by atoms with van der Waals surface area (Å²) in [6, 6.07) is 16.5. The quantitative estimate of drug-likeness (QED) is 0.510. The Labute approximate surface area is 161 Å². The maximum Gasteiger partial charge on any atom is 0.306 e. The van der Waals surface area contributed by atoms with Gasteiger partial charge in [-0.1, -0.05) is 49.4 Å². The van der Waals surface area contributed by atoms with Gasteiger partial charge in [0.1, 0.15) is 5.75 Å². The SMILES string of the molecule is CCC(C)N(Cc1cccc(OS(C)(=O)=O)c1)C(=O)C=Cc1ccccc1. The highest BCUT2D eigenvalue weighted by atomic mass is 32.2. The zero-order valence-electron chi connectivity index (χ0n) is 15.8. The first-order valence-corrected chi connectivity index (χ1v) is 10.6. The molecule has 0 saturated heterocycles. The number of hydrogen-bond acceptors (Lipinski definition) is 4. The minimum atomic E-state index is -3.59. The van der Waals surface area contributed by atoms with Gasteiger partial charge in [-0.05, 0) is 42.7 Å². The molecule has 0 aliphatic heterocycles. The molecule has 2 rings (SSSR count). The fraction of sp³-hybridized carbons (Fsp3) is 0.286. The first kappa shape index (κ1) is 20.7. The Bertz CT molecular complexity index is 891. The van der Waals surface area contributed by atoms with Crippen LogP contribution in [0.25, 0.3) is 6.08 Å². The van der Waals surface area contributed by atoms with Crippen LogP contribution in [0, 0.1) is 0 Å². The third kappa shape index (κ3) is 6.90. The molecule has 1 atom stereocenters. The van der Waals surface area contributed by atoms with Crippen LogP contribution in [-0.4, -0.2) is 31.5 Å².